The van der Waals surface area contributed by atoms with Crippen LogP contribution in [-0.4, -0.2) is 15.3 Å². The summed E-state index contributed by atoms with van der Waals surface area (Å²) in [5.74, 6) is 10.2. The molecule has 0 amide bonds. The van der Waals surface area contributed by atoms with Crippen LogP contribution in [0.4, 0.5) is 0 Å². The van der Waals surface area contributed by atoms with Crippen LogP contribution in [0.1, 0.15) is 34.0 Å². The van der Waals surface area contributed by atoms with E-state index in [0.29, 0.717) is 11.5 Å². The highest BCUT2D eigenvalue weighted by molar-refractivity contribution is 5.68. The first-order chi connectivity index (χ1) is 17.1. The van der Waals surface area contributed by atoms with E-state index in [1.807, 2.05) is 99.6 Å². The minimum atomic E-state index is 0.686. The third kappa shape index (κ3) is 5.55. The fourth-order valence-corrected chi connectivity index (χ4v) is 3.39. The first kappa shape index (κ1) is 23.3. The number of terminal acetylenes is 1. The fraction of sp³-hybridized carbons (Fsp3) is 0.100. The van der Waals surface area contributed by atoms with Crippen LogP contribution in [0.25, 0.3) is 22.5 Å². The third-order valence-corrected chi connectivity index (χ3v) is 5.17. The molecule has 0 atom stereocenters. The molecule has 0 saturated heterocycles. The van der Waals surface area contributed by atoms with Crippen LogP contribution in [0.15, 0.2) is 87.9 Å². The van der Waals surface area contributed by atoms with Crippen LogP contribution < -0.4 is 0 Å². The van der Waals surface area contributed by atoms with Gasteiger partial charge in [-0.25, -0.2) is 4.98 Å². The van der Waals surface area contributed by atoms with E-state index in [1.54, 1.807) is 0 Å². The topological polar surface area (TPSA) is 65.0 Å². The molecule has 0 radical (unpaired) electrons. The average molecular weight is 458 g/mol. The molecule has 0 aliphatic carbocycles. The van der Waals surface area contributed by atoms with E-state index in [9.17, 15) is 0 Å². The van der Waals surface area contributed by atoms with Crippen molar-refractivity contribution < 1.29 is 9.05 Å². The van der Waals surface area contributed by atoms with Gasteiger partial charge in [-0.1, -0.05) is 88.9 Å². The van der Waals surface area contributed by atoms with E-state index < -0.39 is 0 Å². The van der Waals surface area contributed by atoms with Crippen LogP contribution in [0.3, 0.4) is 0 Å². The van der Waals surface area contributed by atoms with E-state index in [-0.39, 0.29) is 0 Å². The largest absolute Gasteiger partial charge is 0.360 e. The highest BCUT2D eigenvalue weighted by Gasteiger charge is 2.13. The molecule has 2 aromatic carbocycles. The lowest BCUT2D eigenvalue weighted by Crippen LogP contribution is -1.86. The van der Waals surface area contributed by atoms with E-state index in [4.69, 9.17) is 15.5 Å². The van der Waals surface area contributed by atoms with E-state index >= 15 is 0 Å². The van der Waals surface area contributed by atoms with Gasteiger partial charge in [0.15, 0.2) is 0 Å². The molecular formula is C30H23N3O2. The Kier molecular flexibility index (Phi) is 7.21. The molecule has 170 valence electrons. The van der Waals surface area contributed by atoms with Crippen molar-refractivity contribution in [2.24, 2.45) is 0 Å². The molecule has 3 heterocycles. The van der Waals surface area contributed by atoms with Crippen LogP contribution in [0, 0.1) is 45.0 Å². The summed E-state index contributed by atoms with van der Waals surface area (Å²) in [4.78, 5) is 4.38. The van der Waals surface area contributed by atoms with Crippen molar-refractivity contribution in [1.82, 2.24) is 15.3 Å². The zero-order chi connectivity index (χ0) is 24.6. The van der Waals surface area contributed by atoms with Gasteiger partial charge in [-0.2, -0.15) is 0 Å². The Hall–Kier alpha value is -4.87. The lowest BCUT2D eigenvalue weighted by atomic mass is 10.1. The van der Waals surface area contributed by atoms with Gasteiger partial charge in [-0.15, -0.1) is 6.42 Å². The lowest BCUT2D eigenvalue weighted by molar-refractivity contribution is 0.399. The van der Waals surface area contributed by atoms with Crippen LogP contribution in [0.2, 0.25) is 0 Å². The summed E-state index contributed by atoms with van der Waals surface area (Å²) in [6.07, 6.45) is 5.38. The van der Waals surface area contributed by atoms with E-state index in [0.717, 1.165) is 45.0 Å². The number of aryl methyl sites for hydroxylation is 3. The lowest BCUT2D eigenvalue weighted by Gasteiger charge is -1.96. The van der Waals surface area contributed by atoms with Crippen molar-refractivity contribution >= 4 is 0 Å². The average Bonchev–Trinajstić information content (AvgIpc) is 3.46. The molecule has 0 saturated carbocycles. The van der Waals surface area contributed by atoms with Crippen LogP contribution >= 0.6 is 0 Å². The maximum absolute atomic E-state index is 5.38. The fourth-order valence-electron chi connectivity index (χ4n) is 3.39. The number of benzene rings is 2. The van der Waals surface area contributed by atoms with Gasteiger partial charge in [0.1, 0.15) is 28.6 Å². The highest BCUT2D eigenvalue weighted by atomic mass is 16.5. The summed E-state index contributed by atoms with van der Waals surface area (Å²) in [6.45, 7) is 5.63. The molecule has 5 aromatic rings. The minimum absolute atomic E-state index is 0.686. The van der Waals surface area contributed by atoms with Crippen LogP contribution in [-0.2, 0) is 0 Å². The van der Waals surface area contributed by atoms with Crippen molar-refractivity contribution in [3.05, 3.63) is 113 Å². The Morgan fingerprint density at radius 1 is 0.629 bits per heavy atom. The summed E-state index contributed by atoms with van der Waals surface area (Å²) in [7, 11) is 0. The Morgan fingerprint density at radius 2 is 1.17 bits per heavy atom. The zero-order valence-corrected chi connectivity index (χ0v) is 19.7. The van der Waals surface area contributed by atoms with Gasteiger partial charge in [0.05, 0.1) is 11.1 Å². The summed E-state index contributed by atoms with van der Waals surface area (Å²) in [5.41, 5.74) is 6.73. The van der Waals surface area contributed by atoms with Gasteiger partial charge in [-0.05, 0) is 38.8 Å². The number of hydrogen-bond donors (Lipinski definition) is 0. The molecule has 5 heteroatoms. The SMILES string of the molecule is C#Cc1c(-c2ccccc2)noc1C.Cc1cccc(C#Cc2c(-c3ccccc3)noc2C)n1. The summed E-state index contributed by atoms with van der Waals surface area (Å²) < 4.78 is 10.3. The number of rotatable bonds is 2. The maximum Gasteiger partial charge on any atom is 0.149 e. The van der Waals surface area contributed by atoms with Crippen molar-refractivity contribution in [2.75, 3.05) is 0 Å². The first-order valence-electron chi connectivity index (χ1n) is 11.0. The van der Waals surface area contributed by atoms with Gasteiger partial charge < -0.3 is 9.05 Å². The van der Waals surface area contributed by atoms with Crippen LogP contribution in [0.5, 0.6) is 0 Å². The Morgan fingerprint density at radius 3 is 1.71 bits per heavy atom. The number of hydrogen-bond acceptors (Lipinski definition) is 5. The standard InChI is InChI=1S/C18H14N2O.C12H9NO/c1-13-7-6-10-16(19-13)11-12-17-14(2)21-20-18(17)15-8-4-3-5-9-15;1-3-11-9(2)14-13-12(11)10-7-5-4-6-8-10/h3-10H,1-2H3;1,4-8H,2H3. The van der Waals surface area contributed by atoms with Crippen molar-refractivity contribution in [2.45, 2.75) is 20.8 Å². The van der Waals surface area contributed by atoms with Gasteiger partial charge in [0.25, 0.3) is 0 Å². The van der Waals surface area contributed by atoms with Crippen molar-refractivity contribution in [3.63, 3.8) is 0 Å². The Bertz CT molecular complexity index is 1530. The van der Waals surface area contributed by atoms with E-state index in [2.05, 4.69) is 33.1 Å². The predicted molar refractivity (Wildman–Crippen MR) is 136 cm³/mol. The summed E-state index contributed by atoms with van der Waals surface area (Å²) >= 11 is 0. The Balaban J connectivity index is 0.000000179. The first-order valence-corrected chi connectivity index (χ1v) is 11.0. The molecular weight excluding hydrogens is 434 g/mol. The third-order valence-electron chi connectivity index (χ3n) is 5.17. The molecule has 35 heavy (non-hydrogen) atoms. The van der Waals surface area contributed by atoms with Gasteiger partial charge in [0, 0.05) is 16.8 Å². The Labute approximate surface area is 204 Å². The highest BCUT2D eigenvalue weighted by Crippen LogP contribution is 2.25. The molecule has 5 rings (SSSR count). The summed E-state index contributed by atoms with van der Waals surface area (Å²) in [5, 5.41) is 8.06. The monoisotopic (exact) mass is 457 g/mol. The van der Waals surface area contributed by atoms with E-state index in [1.165, 1.54) is 0 Å². The minimum Gasteiger partial charge on any atom is -0.360 e. The molecule has 0 aliphatic heterocycles. The zero-order valence-electron chi connectivity index (χ0n) is 19.7. The second-order valence-electron chi connectivity index (χ2n) is 7.72. The molecule has 0 fully saturated rings. The summed E-state index contributed by atoms with van der Waals surface area (Å²) in [6, 6.07) is 25.4. The van der Waals surface area contributed by atoms with Gasteiger partial charge in [-0.3, -0.25) is 0 Å². The van der Waals surface area contributed by atoms with Gasteiger partial charge in [0.2, 0.25) is 0 Å². The molecule has 3 aromatic heterocycles. The smallest absolute Gasteiger partial charge is 0.149 e. The molecule has 0 N–H and O–H groups in total. The predicted octanol–water partition coefficient (Wildman–Crippen LogP) is 6.38. The van der Waals surface area contributed by atoms with Crippen molar-refractivity contribution in [1.29, 1.82) is 0 Å². The molecule has 0 aliphatic rings. The normalized spacial score (nSPS) is 9.89. The number of aromatic nitrogens is 3. The maximum atomic E-state index is 5.38. The molecule has 0 bridgehead atoms. The van der Waals surface area contributed by atoms with Gasteiger partial charge >= 0.3 is 0 Å². The molecule has 0 spiro atoms. The molecule has 5 nitrogen and oxygen atoms in total. The number of pyridine rings is 1. The second kappa shape index (κ2) is 10.8. The quantitative estimate of drug-likeness (QED) is 0.288. The second-order valence-corrected chi connectivity index (χ2v) is 7.72. The van der Waals surface area contributed by atoms with Crippen molar-refractivity contribution in [3.8, 4) is 46.7 Å². The number of nitrogens with zero attached hydrogens (tertiary/aromatic N) is 3. The molecule has 0 unspecified atom stereocenters.